The number of nitrogens with zero attached hydrogens (tertiary/aromatic N) is 3. The van der Waals surface area contributed by atoms with Crippen LogP contribution in [-0.4, -0.2) is 22.6 Å². The number of hydrogen-bond donors (Lipinski definition) is 1. The van der Waals surface area contributed by atoms with Gasteiger partial charge in [0.25, 0.3) is 0 Å². The maximum absolute atomic E-state index is 5.97. The van der Waals surface area contributed by atoms with Gasteiger partial charge < -0.3 is 10.6 Å². The van der Waals surface area contributed by atoms with E-state index in [4.69, 9.17) is 5.73 Å². The number of hydrogen-bond acceptors (Lipinski definition) is 5. The van der Waals surface area contributed by atoms with Gasteiger partial charge in [-0.3, -0.25) is 0 Å². The van der Waals surface area contributed by atoms with Crippen molar-refractivity contribution in [3.8, 4) is 0 Å². The van der Waals surface area contributed by atoms with Crippen LogP contribution >= 0.6 is 11.3 Å². The molecule has 1 aliphatic carbocycles. The van der Waals surface area contributed by atoms with Gasteiger partial charge in [-0.05, 0) is 44.6 Å². The number of rotatable bonds is 1. The van der Waals surface area contributed by atoms with E-state index in [2.05, 4.69) is 27.9 Å². The standard InChI is InChI=1S/C16H22N4S/c1-10-9-12-14(18-16(17)19-15(12)21-10)20-8-4-6-11-5-2-3-7-13(11)20/h9,11,13H,2-8H2,1H3,(H2,17,18,19). The highest BCUT2D eigenvalue weighted by Crippen LogP contribution is 2.40. The zero-order valence-corrected chi connectivity index (χ0v) is 13.3. The van der Waals surface area contributed by atoms with Crippen LogP contribution in [0.3, 0.4) is 0 Å². The van der Waals surface area contributed by atoms with E-state index in [1.807, 2.05) is 0 Å². The SMILES string of the molecule is Cc1cc2c(N3CCCC4CCCCC43)nc(N)nc2s1. The number of piperidine rings is 1. The second-order valence-corrected chi connectivity index (χ2v) is 7.66. The average Bonchev–Trinajstić information content (AvgIpc) is 2.86. The summed E-state index contributed by atoms with van der Waals surface area (Å²) in [5.41, 5.74) is 5.97. The van der Waals surface area contributed by atoms with Gasteiger partial charge in [0.15, 0.2) is 0 Å². The summed E-state index contributed by atoms with van der Waals surface area (Å²) in [6, 6.07) is 2.88. The van der Waals surface area contributed by atoms with Crippen LogP contribution in [0.2, 0.25) is 0 Å². The molecule has 4 rings (SSSR count). The summed E-state index contributed by atoms with van der Waals surface area (Å²) in [5, 5.41) is 1.19. The van der Waals surface area contributed by atoms with Crippen molar-refractivity contribution >= 4 is 33.3 Å². The van der Waals surface area contributed by atoms with E-state index in [9.17, 15) is 0 Å². The van der Waals surface area contributed by atoms with Gasteiger partial charge >= 0.3 is 0 Å². The van der Waals surface area contributed by atoms with Crippen LogP contribution in [0.4, 0.5) is 11.8 Å². The highest BCUT2D eigenvalue weighted by molar-refractivity contribution is 7.18. The minimum absolute atomic E-state index is 0.414. The Labute approximate surface area is 129 Å². The Bertz CT molecular complexity index is 664. The van der Waals surface area contributed by atoms with Crippen LogP contribution in [-0.2, 0) is 0 Å². The normalized spacial score (nSPS) is 26.0. The van der Waals surface area contributed by atoms with E-state index in [0.717, 1.165) is 23.1 Å². The molecule has 1 saturated heterocycles. The molecule has 2 aliphatic rings. The molecule has 1 saturated carbocycles. The van der Waals surface area contributed by atoms with Crippen molar-refractivity contribution in [3.05, 3.63) is 10.9 Å². The van der Waals surface area contributed by atoms with E-state index in [1.54, 1.807) is 11.3 Å². The van der Waals surface area contributed by atoms with Crippen molar-refractivity contribution in [2.75, 3.05) is 17.2 Å². The van der Waals surface area contributed by atoms with Crippen molar-refractivity contribution in [1.29, 1.82) is 0 Å². The topological polar surface area (TPSA) is 55.0 Å². The summed E-state index contributed by atoms with van der Waals surface area (Å²) < 4.78 is 0. The second kappa shape index (κ2) is 5.13. The third-order valence-electron chi connectivity index (χ3n) is 5.03. The number of nitrogen functional groups attached to an aromatic ring is 1. The molecular formula is C16H22N4S. The fourth-order valence-corrected chi connectivity index (χ4v) is 5.03. The summed E-state index contributed by atoms with van der Waals surface area (Å²) in [6.45, 7) is 3.24. The maximum atomic E-state index is 5.97. The van der Waals surface area contributed by atoms with Crippen molar-refractivity contribution in [2.24, 2.45) is 5.92 Å². The minimum Gasteiger partial charge on any atom is -0.368 e. The molecule has 4 nitrogen and oxygen atoms in total. The zero-order valence-electron chi connectivity index (χ0n) is 12.5. The number of nitrogens with two attached hydrogens (primary N) is 1. The second-order valence-electron chi connectivity index (χ2n) is 6.43. The van der Waals surface area contributed by atoms with Gasteiger partial charge in [-0.1, -0.05) is 12.8 Å². The molecule has 2 aromatic heterocycles. The molecular weight excluding hydrogens is 280 g/mol. The molecule has 2 atom stereocenters. The Kier molecular flexibility index (Phi) is 3.25. The predicted molar refractivity (Wildman–Crippen MR) is 88.9 cm³/mol. The number of thiophene rings is 1. The van der Waals surface area contributed by atoms with Gasteiger partial charge in [0, 0.05) is 17.5 Å². The van der Waals surface area contributed by atoms with Crippen LogP contribution in [0.25, 0.3) is 10.2 Å². The Morgan fingerprint density at radius 1 is 1.19 bits per heavy atom. The molecule has 2 aromatic rings. The van der Waals surface area contributed by atoms with Crippen molar-refractivity contribution < 1.29 is 0 Å². The first-order valence-electron chi connectivity index (χ1n) is 8.02. The lowest BCUT2D eigenvalue weighted by Gasteiger charge is -2.45. The lowest BCUT2D eigenvalue weighted by Crippen LogP contribution is -2.47. The van der Waals surface area contributed by atoms with Gasteiger partial charge in [0.2, 0.25) is 5.95 Å². The highest BCUT2D eigenvalue weighted by Gasteiger charge is 2.34. The van der Waals surface area contributed by atoms with Gasteiger partial charge in [0.1, 0.15) is 10.6 Å². The fraction of sp³-hybridized carbons (Fsp3) is 0.625. The zero-order chi connectivity index (χ0) is 14.4. The smallest absolute Gasteiger partial charge is 0.223 e. The predicted octanol–water partition coefficient (Wildman–Crippen LogP) is 3.74. The Morgan fingerprint density at radius 3 is 2.90 bits per heavy atom. The molecule has 21 heavy (non-hydrogen) atoms. The van der Waals surface area contributed by atoms with Crippen LogP contribution in [0.1, 0.15) is 43.4 Å². The van der Waals surface area contributed by atoms with E-state index < -0.39 is 0 Å². The quantitative estimate of drug-likeness (QED) is 0.872. The minimum atomic E-state index is 0.414. The fourth-order valence-electron chi connectivity index (χ4n) is 4.15. The summed E-state index contributed by atoms with van der Waals surface area (Å²) in [6.07, 6.45) is 8.09. The van der Waals surface area contributed by atoms with E-state index in [-0.39, 0.29) is 0 Å². The molecule has 3 heterocycles. The van der Waals surface area contributed by atoms with Crippen molar-refractivity contribution in [3.63, 3.8) is 0 Å². The van der Waals surface area contributed by atoms with Crippen molar-refractivity contribution in [1.82, 2.24) is 9.97 Å². The van der Waals surface area contributed by atoms with Gasteiger partial charge in [-0.2, -0.15) is 4.98 Å². The molecule has 2 unspecified atom stereocenters. The molecule has 0 radical (unpaired) electrons. The number of aromatic nitrogens is 2. The molecule has 0 spiro atoms. The lowest BCUT2D eigenvalue weighted by molar-refractivity contribution is 0.243. The van der Waals surface area contributed by atoms with Crippen molar-refractivity contribution in [2.45, 2.75) is 51.5 Å². The first kappa shape index (κ1) is 13.3. The van der Waals surface area contributed by atoms with Crippen LogP contribution < -0.4 is 10.6 Å². The largest absolute Gasteiger partial charge is 0.368 e. The van der Waals surface area contributed by atoms with Crippen LogP contribution in [0.15, 0.2) is 6.07 Å². The molecule has 112 valence electrons. The lowest BCUT2D eigenvalue weighted by atomic mass is 9.78. The molecule has 0 bridgehead atoms. The number of fused-ring (bicyclic) bond motifs is 2. The summed E-state index contributed by atoms with van der Waals surface area (Å²) in [5.74, 6) is 2.34. The van der Waals surface area contributed by atoms with Gasteiger partial charge in [0.05, 0.1) is 5.39 Å². The van der Waals surface area contributed by atoms with Crippen LogP contribution in [0, 0.1) is 12.8 Å². The summed E-state index contributed by atoms with van der Waals surface area (Å²) >= 11 is 1.72. The van der Waals surface area contributed by atoms with E-state index in [0.29, 0.717) is 12.0 Å². The summed E-state index contributed by atoms with van der Waals surface area (Å²) in [4.78, 5) is 13.9. The maximum Gasteiger partial charge on any atom is 0.223 e. The number of aryl methyl sites for hydroxylation is 1. The third-order valence-corrected chi connectivity index (χ3v) is 5.97. The first-order chi connectivity index (χ1) is 10.2. The summed E-state index contributed by atoms with van der Waals surface area (Å²) in [7, 11) is 0. The molecule has 5 heteroatoms. The molecule has 2 N–H and O–H groups in total. The van der Waals surface area contributed by atoms with Crippen LogP contribution in [0.5, 0.6) is 0 Å². The molecule has 0 aromatic carbocycles. The van der Waals surface area contributed by atoms with E-state index >= 15 is 0 Å². The van der Waals surface area contributed by atoms with Gasteiger partial charge in [-0.15, -0.1) is 11.3 Å². The molecule has 2 fully saturated rings. The highest BCUT2D eigenvalue weighted by atomic mass is 32.1. The Hall–Kier alpha value is -1.36. The Balaban J connectivity index is 1.80. The number of anilines is 2. The molecule has 0 amide bonds. The first-order valence-corrected chi connectivity index (χ1v) is 8.84. The average molecular weight is 302 g/mol. The van der Waals surface area contributed by atoms with Gasteiger partial charge in [-0.25, -0.2) is 4.98 Å². The third kappa shape index (κ3) is 2.27. The molecule has 1 aliphatic heterocycles. The van der Waals surface area contributed by atoms with E-state index in [1.165, 1.54) is 48.8 Å². The monoisotopic (exact) mass is 302 g/mol. The Morgan fingerprint density at radius 2 is 2.00 bits per heavy atom.